The molecule has 23 heavy (non-hydrogen) atoms. The van der Waals surface area contributed by atoms with Gasteiger partial charge in [0.15, 0.2) is 0 Å². The van der Waals surface area contributed by atoms with E-state index in [1.165, 1.54) is 29.1 Å². The summed E-state index contributed by atoms with van der Waals surface area (Å²) in [6.07, 6.45) is -3.61. The van der Waals surface area contributed by atoms with Gasteiger partial charge in [0.2, 0.25) is 11.7 Å². The van der Waals surface area contributed by atoms with Gasteiger partial charge in [-0.15, -0.1) is 23.4 Å². The van der Waals surface area contributed by atoms with Crippen LogP contribution in [0.1, 0.15) is 11.4 Å². The lowest BCUT2D eigenvalue weighted by Crippen LogP contribution is -2.28. The Balaban J connectivity index is 1.98. The molecule has 7 nitrogen and oxygen atoms in total. The molecule has 0 fully saturated rings. The highest BCUT2D eigenvalue weighted by Crippen LogP contribution is 2.25. The van der Waals surface area contributed by atoms with Crippen LogP contribution in [0.4, 0.5) is 13.2 Å². The minimum Gasteiger partial charge on any atom is -0.405 e. The van der Waals surface area contributed by atoms with Crippen molar-refractivity contribution in [2.75, 3.05) is 0 Å². The van der Waals surface area contributed by atoms with Crippen molar-refractivity contribution in [3.05, 3.63) is 42.0 Å². The Bertz CT molecular complexity index is 736. The summed E-state index contributed by atoms with van der Waals surface area (Å²) in [5.74, 6) is -0.939. The minimum atomic E-state index is -4.82. The summed E-state index contributed by atoms with van der Waals surface area (Å²) in [5, 5.41) is 18.2. The van der Waals surface area contributed by atoms with Crippen LogP contribution in [0, 0.1) is 11.3 Å². The molecule has 2 rings (SSSR count). The summed E-state index contributed by atoms with van der Waals surface area (Å²) in [4.78, 5) is 11.8. The standard InChI is InChI=1S/C13H10F3N5O2/c14-13(15,16)23-10-4-2-1-3-9(10)6-18-12(22)7-21-8-19-20-11(21)5-17/h1-4,8H,6-7H2,(H,18,22). The van der Waals surface area contributed by atoms with Gasteiger partial charge < -0.3 is 10.1 Å². The van der Waals surface area contributed by atoms with E-state index < -0.39 is 12.3 Å². The Labute approximate surface area is 128 Å². The van der Waals surface area contributed by atoms with Crippen molar-refractivity contribution < 1.29 is 22.7 Å². The number of rotatable bonds is 5. The first-order valence-electron chi connectivity index (χ1n) is 6.27. The summed E-state index contributed by atoms with van der Waals surface area (Å²) in [6.45, 7) is -0.382. The van der Waals surface area contributed by atoms with Crippen LogP contribution in [0.25, 0.3) is 0 Å². The molecule has 0 unspecified atom stereocenters. The van der Waals surface area contributed by atoms with Crippen molar-refractivity contribution in [1.82, 2.24) is 20.1 Å². The van der Waals surface area contributed by atoms with E-state index in [4.69, 9.17) is 5.26 Å². The number of nitrogens with zero attached hydrogens (tertiary/aromatic N) is 4. The molecule has 0 bridgehead atoms. The molecule has 10 heteroatoms. The number of aromatic nitrogens is 3. The van der Waals surface area contributed by atoms with Gasteiger partial charge in [0.25, 0.3) is 0 Å². The topological polar surface area (TPSA) is 92.8 Å². The predicted molar refractivity (Wildman–Crippen MR) is 69.7 cm³/mol. The largest absolute Gasteiger partial charge is 0.573 e. The lowest BCUT2D eigenvalue weighted by Gasteiger charge is -2.13. The molecule has 1 amide bonds. The third kappa shape index (κ3) is 4.70. The van der Waals surface area contributed by atoms with Crippen molar-refractivity contribution in [2.24, 2.45) is 0 Å². The number of halogens is 3. The van der Waals surface area contributed by atoms with E-state index in [0.29, 0.717) is 0 Å². The number of amides is 1. The molecule has 0 spiro atoms. The number of nitrogens with one attached hydrogen (secondary N) is 1. The normalized spacial score (nSPS) is 10.9. The molecule has 0 saturated carbocycles. The van der Waals surface area contributed by atoms with Crippen LogP contribution in [0.5, 0.6) is 5.75 Å². The summed E-state index contributed by atoms with van der Waals surface area (Å²) < 4.78 is 42.0. The van der Waals surface area contributed by atoms with E-state index in [-0.39, 0.29) is 30.2 Å². The fraction of sp³-hybridized carbons (Fsp3) is 0.231. The molecule has 1 aromatic heterocycles. The van der Waals surface area contributed by atoms with E-state index >= 15 is 0 Å². The van der Waals surface area contributed by atoms with Gasteiger partial charge in [0.05, 0.1) is 0 Å². The quantitative estimate of drug-likeness (QED) is 0.896. The smallest absolute Gasteiger partial charge is 0.405 e. The van der Waals surface area contributed by atoms with Crippen molar-refractivity contribution in [3.8, 4) is 11.8 Å². The third-order valence-electron chi connectivity index (χ3n) is 2.70. The van der Waals surface area contributed by atoms with Crippen molar-refractivity contribution >= 4 is 5.91 Å². The Morgan fingerprint density at radius 3 is 2.83 bits per heavy atom. The van der Waals surface area contributed by atoms with E-state index in [2.05, 4.69) is 20.3 Å². The molecule has 1 N–H and O–H groups in total. The maximum atomic E-state index is 12.3. The number of carbonyl (C=O) groups excluding carboxylic acids is 1. The number of ether oxygens (including phenoxy) is 1. The number of para-hydroxylation sites is 1. The van der Waals surface area contributed by atoms with Crippen LogP contribution >= 0.6 is 0 Å². The zero-order chi connectivity index (χ0) is 16.9. The first-order valence-corrected chi connectivity index (χ1v) is 6.27. The zero-order valence-corrected chi connectivity index (χ0v) is 11.5. The Morgan fingerprint density at radius 2 is 2.13 bits per heavy atom. The molecule has 1 heterocycles. The summed E-state index contributed by atoms with van der Waals surface area (Å²) in [6, 6.07) is 7.23. The first-order chi connectivity index (χ1) is 10.9. The van der Waals surface area contributed by atoms with Gasteiger partial charge in [-0.05, 0) is 6.07 Å². The first kappa shape index (κ1) is 16.3. The van der Waals surface area contributed by atoms with E-state index in [1.54, 1.807) is 6.07 Å². The van der Waals surface area contributed by atoms with E-state index in [9.17, 15) is 18.0 Å². The molecule has 0 saturated heterocycles. The number of hydrogen-bond donors (Lipinski definition) is 1. The second-order valence-electron chi connectivity index (χ2n) is 4.33. The average Bonchev–Trinajstić information content (AvgIpc) is 2.92. The van der Waals surface area contributed by atoms with E-state index in [0.717, 1.165) is 6.07 Å². The number of hydrogen-bond acceptors (Lipinski definition) is 5. The molecule has 120 valence electrons. The van der Waals surface area contributed by atoms with Gasteiger partial charge in [-0.1, -0.05) is 18.2 Å². The Hall–Kier alpha value is -3.09. The second-order valence-corrected chi connectivity index (χ2v) is 4.33. The highest BCUT2D eigenvalue weighted by molar-refractivity contribution is 5.75. The number of alkyl halides is 3. The highest BCUT2D eigenvalue weighted by Gasteiger charge is 2.31. The minimum absolute atomic E-state index is 0.0408. The van der Waals surface area contributed by atoms with Gasteiger partial charge in [0.1, 0.15) is 24.7 Å². The van der Waals surface area contributed by atoms with Crippen molar-refractivity contribution in [1.29, 1.82) is 5.26 Å². The van der Waals surface area contributed by atoms with Crippen LogP contribution in [0.15, 0.2) is 30.6 Å². The van der Waals surface area contributed by atoms with E-state index in [1.807, 2.05) is 0 Å². The molecule has 0 aliphatic heterocycles. The molecule has 2 aromatic rings. The molecule has 0 atom stereocenters. The van der Waals surface area contributed by atoms with Crippen molar-refractivity contribution in [3.63, 3.8) is 0 Å². The SMILES string of the molecule is N#Cc1nncn1CC(=O)NCc1ccccc1OC(F)(F)F. The number of nitriles is 1. The molecular weight excluding hydrogens is 315 g/mol. The number of carbonyl (C=O) groups is 1. The average molecular weight is 325 g/mol. The monoisotopic (exact) mass is 325 g/mol. The zero-order valence-electron chi connectivity index (χ0n) is 11.5. The van der Waals surface area contributed by atoms with Gasteiger partial charge in [-0.2, -0.15) is 5.26 Å². The van der Waals surface area contributed by atoms with Gasteiger partial charge >= 0.3 is 6.36 Å². The fourth-order valence-electron chi connectivity index (χ4n) is 1.74. The number of benzene rings is 1. The van der Waals surface area contributed by atoms with Crippen LogP contribution in [-0.4, -0.2) is 27.0 Å². The van der Waals surface area contributed by atoms with Crippen LogP contribution in [-0.2, 0) is 17.9 Å². The van der Waals surface area contributed by atoms with Crippen LogP contribution < -0.4 is 10.1 Å². The molecule has 0 radical (unpaired) electrons. The molecule has 0 aliphatic carbocycles. The predicted octanol–water partition coefficient (Wildman–Crippen LogP) is 1.36. The second kappa shape index (κ2) is 6.78. The summed E-state index contributed by atoms with van der Waals surface area (Å²) >= 11 is 0. The van der Waals surface area contributed by atoms with Gasteiger partial charge in [0, 0.05) is 12.1 Å². The lowest BCUT2D eigenvalue weighted by atomic mass is 10.2. The van der Waals surface area contributed by atoms with Crippen molar-refractivity contribution in [2.45, 2.75) is 19.5 Å². The molecular formula is C13H10F3N5O2. The molecule has 0 aliphatic rings. The van der Waals surface area contributed by atoms with Crippen LogP contribution in [0.2, 0.25) is 0 Å². The highest BCUT2D eigenvalue weighted by atomic mass is 19.4. The third-order valence-corrected chi connectivity index (χ3v) is 2.70. The van der Waals surface area contributed by atoms with Gasteiger partial charge in [-0.3, -0.25) is 9.36 Å². The van der Waals surface area contributed by atoms with Gasteiger partial charge in [-0.25, -0.2) is 0 Å². The van der Waals surface area contributed by atoms with Crippen LogP contribution in [0.3, 0.4) is 0 Å². The fourth-order valence-corrected chi connectivity index (χ4v) is 1.74. The summed E-state index contributed by atoms with van der Waals surface area (Å²) in [7, 11) is 0. The maximum Gasteiger partial charge on any atom is 0.573 e. The Kier molecular flexibility index (Phi) is 4.80. The lowest BCUT2D eigenvalue weighted by molar-refractivity contribution is -0.274. The molecule has 1 aromatic carbocycles. The summed E-state index contributed by atoms with van der Waals surface area (Å²) in [5.41, 5.74) is 0.169. The maximum absolute atomic E-state index is 12.3. The Morgan fingerprint density at radius 1 is 1.39 bits per heavy atom.